The van der Waals surface area contributed by atoms with E-state index in [1.807, 2.05) is 31.2 Å². The third-order valence-electron chi connectivity index (χ3n) is 2.80. The fourth-order valence-corrected chi connectivity index (χ4v) is 2.02. The molecule has 1 atom stereocenters. The van der Waals surface area contributed by atoms with Crippen molar-refractivity contribution in [2.75, 3.05) is 11.9 Å². The Hall–Kier alpha value is -1.39. The second kappa shape index (κ2) is 6.68. The maximum atomic E-state index is 5.56. The van der Waals surface area contributed by atoms with Gasteiger partial charge in [0.05, 0.1) is 6.10 Å². The van der Waals surface area contributed by atoms with Crippen LogP contribution >= 0.6 is 15.9 Å². The lowest BCUT2D eigenvalue weighted by Crippen LogP contribution is -1.99. The Morgan fingerprint density at radius 2 is 1.95 bits per heavy atom. The van der Waals surface area contributed by atoms with Gasteiger partial charge in [-0.2, -0.15) is 0 Å². The first-order valence-electron chi connectivity index (χ1n) is 6.29. The molecule has 1 aromatic heterocycles. The number of pyridine rings is 1. The molecule has 0 aliphatic rings. The van der Waals surface area contributed by atoms with Crippen molar-refractivity contribution in [2.24, 2.45) is 0 Å². The molecule has 0 bridgehead atoms. The summed E-state index contributed by atoms with van der Waals surface area (Å²) >= 11 is 3.37. The van der Waals surface area contributed by atoms with E-state index in [0.717, 1.165) is 22.6 Å². The van der Waals surface area contributed by atoms with Crippen LogP contribution in [0.25, 0.3) is 0 Å². The SMILES string of the molecule is CCO[C@H](C)c1ccc(Nc2ccc(Br)cn2)cc1. The maximum Gasteiger partial charge on any atom is 0.130 e. The molecule has 0 saturated carbocycles. The minimum Gasteiger partial charge on any atom is -0.374 e. The summed E-state index contributed by atoms with van der Waals surface area (Å²) in [6.07, 6.45) is 1.90. The van der Waals surface area contributed by atoms with E-state index in [2.05, 4.69) is 45.3 Å². The van der Waals surface area contributed by atoms with Crippen LogP contribution in [0.2, 0.25) is 0 Å². The highest BCUT2D eigenvalue weighted by molar-refractivity contribution is 9.10. The van der Waals surface area contributed by atoms with E-state index < -0.39 is 0 Å². The Labute approximate surface area is 122 Å². The van der Waals surface area contributed by atoms with E-state index in [-0.39, 0.29) is 6.10 Å². The zero-order valence-corrected chi connectivity index (χ0v) is 12.6. The molecular weight excluding hydrogens is 304 g/mol. The molecule has 1 N–H and O–H groups in total. The van der Waals surface area contributed by atoms with Gasteiger partial charge in [0.2, 0.25) is 0 Å². The third kappa shape index (κ3) is 4.04. The van der Waals surface area contributed by atoms with E-state index in [1.54, 1.807) is 6.20 Å². The summed E-state index contributed by atoms with van der Waals surface area (Å²) in [6, 6.07) is 12.1. The molecule has 0 spiro atoms. The van der Waals surface area contributed by atoms with Crippen LogP contribution in [0.3, 0.4) is 0 Å². The predicted octanol–water partition coefficient (Wildman–Crippen LogP) is 4.69. The van der Waals surface area contributed by atoms with Crippen LogP contribution in [0.5, 0.6) is 0 Å². The molecule has 2 aromatic rings. The van der Waals surface area contributed by atoms with Crippen LogP contribution in [0.15, 0.2) is 47.1 Å². The fourth-order valence-electron chi connectivity index (χ4n) is 1.78. The Balaban J connectivity index is 2.04. The van der Waals surface area contributed by atoms with Gasteiger partial charge >= 0.3 is 0 Å². The van der Waals surface area contributed by atoms with Crippen molar-refractivity contribution in [3.05, 3.63) is 52.6 Å². The molecule has 100 valence electrons. The average molecular weight is 321 g/mol. The van der Waals surface area contributed by atoms with E-state index >= 15 is 0 Å². The molecule has 4 heteroatoms. The minimum absolute atomic E-state index is 0.129. The zero-order valence-electron chi connectivity index (χ0n) is 11.1. The lowest BCUT2D eigenvalue weighted by Gasteiger charge is -2.13. The zero-order chi connectivity index (χ0) is 13.7. The van der Waals surface area contributed by atoms with Crippen molar-refractivity contribution < 1.29 is 4.74 Å². The molecule has 0 aliphatic carbocycles. The van der Waals surface area contributed by atoms with Crippen molar-refractivity contribution in [2.45, 2.75) is 20.0 Å². The Kier molecular flexibility index (Phi) is 4.93. The van der Waals surface area contributed by atoms with Crippen LogP contribution in [-0.4, -0.2) is 11.6 Å². The van der Waals surface area contributed by atoms with Gasteiger partial charge in [0.15, 0.2) is 0 Å². The number of anilines is 2. The number of aromatic nitrogens is 1. The maximum absolute atomic E-state index is 5.56. The largest absolute Gasteiger partial charge is 0.374 e. The average Bonchev–Trinajstić information content (AvgIpc) is 2.42. The molecule has 1 aromatic carbocycles. The number of halogens is 1. The first-order valence-corrected chi connectivity index (χ1v) is 7.08. The van der Waals surface area contributed by atoms with Gasteiger partial charge in [-0.1, -0.05) is 12.1 Å². The van der Waals surface area contributed by atoms with E-state index in [4.69, 9.17) is 4.74 Å². The fraction of sp³-hybridized carbons (Fsp3) is 0.267. The van der Waals surface area contributed by atoms with Crippen LogP contribution < -0.4 is 5.32 Å². The van der Waals surface area contributed by atoms with Crippen LogP contribution in [0.4, 0.5) is 11.5 Å². The van der Waals surface area contributed by atoms with Crippen LogP contribution in [0.1, 0.15) is 25.5 Å². The summed E-state index contributed by atoms with van der Waals surface area (Å²) in [4.78, 5) is 4.28. The highest BCUT2D eigenvalue weighted by atomic mass is 79.9. The molecule has 3 nitrogen and oxygen atoms in total. The highest BCUT2D eigenvalue weighted by Crippen LogP contribution is 2.21. The molecule has 1 heterocycles. The number of hydrogen-bond acceptors (Lipinski definition) is 3. The van der Waals surface area contributed by atoms with Gasteiger partial charge < -0.3 is 10.1 Å². The van der Waals surface area contributed by atoms with E-state index in [9.17, 15) is 0 Å². The van der Waals surface area contributed by atoms with Crippen LogP contribution in [0, 0.1) is 0 Å². The summed E-state index contributed by atoms with van der Waals surface area (Å²) < 4.78 is 6.53. The molecular formula is C15H17BrN2O. The van der Waals surface area contributed by atoms with Gasteiger partial charge in [-0.15, -0.1) is 0 Å². The first-order chi connectivity index (χ1) is 9.19. The topological polar surface area (TPSA) is 34.1 Å². The number of ether oxygens (including phenoxy) is 1. The lowest BCUT2D eigenvalue weighted by molar-refractivity contribution is 0.0764. The predicted molar refractivity (Wildman–Crippen MR) is 81.7 cm³/mol. The Morgan fingerprint density at radius 1 is 1.21 bits per heavy atom. The Morgan fingerprint density at radius 3 is 2.53 bits per heavy atom. The number of rotatable bonds is 5. The van der Waals surface area contributed by atoms with Gasteiger partial charge in [0, 0.05) is 23.0 Å². The second-order valence-corrected chi connectivity index (χ2v) is 5.12. The highest BCUT2D eigenvalue weighted by Gasteiger charge is 2.04. The molecule has 0 amide bonds. The number of nitrogens with zero attached hydrogens (tertiary/aromatic N) is 1. The van der Waals surface area contributed by atoms with Crippen molar-refractivity contribution >= 4 is 27.4 Å². The quantitative estimate of drug-likeness (QED) is 0.868. The molecule has 0 aliphatic heterocycles. The third-order valence-corrected chi connectivity index (χ3v) is 3.27. The number of hydrogen-bond donors (Lipinski definition) is 1. The van der Waals surface area contributed by atoms with Gasteiger partial charge in [0.25, 0.3) is 0 Å². The number of nitrogens with one attached hydrogen (secondary N) is 1. The summed E-state index contributed by atoms with van der Waals surface area (Å²) in [5.74, 6) is 0.828. The number of benzene rings is 1. The summed E-state index contributed by atoms with van der Waals surface area (Å²) in [7, 11) is 0. The molecule has 0 radical (unpaired) electrons. The smallest absolute Gasteiger partial charge is 0.130 e. The molecule has 19 heavy (non-hydrogen) atoms. The van der Waals surface area contributed by atoms with Gasteiger partial charge in [-0.05, 0) is 59.6 Å². The van der Waals surface area contributed by atoms with E-state index in [0.29, 0.717) is 0 Å². The second-order valence-electron chi connectivity index (χ2n) is 4.21. The van der Waals surface area contributed by atoms with Gasteiger partial charge in [-0.3, -0.25) is 0 Å². The standard InChI is InChI=1S/C15H17BrN2O/c1-3-19-11(2)12-4-7-14(8-5-12)18-15-9-6-13(16)10-17-15/h4-11H,3H2,1-2H3,(H,17,18)/t11-/m1/s1. The van der Waals surface area contributed by atoms with Gasteiger partial charge in [-0.25, -0.2) is 4.98 Å². The van der Waals surface area contributed by atoms with Crippen molar-refractivity contribution in [1.82, 2.24) is 4.98 Å². The van der Waals surface area contributed by atoms with E-state index in [1.165, 1.54) is 5.56 Å². The molecule has 2 rings (SSSR count). The normalized spacial score (nSPS) is 12.2. The summed E-state index contributed by atoms with van der Waals surface area (Å²) in [6.45, 7) is 4.79. The lowest BCUT2D eigenvalue weighted by atomic mass is 10.1. The van der Waals surface area contributed by atoms with Crippen LogP contribution in [-0.2, 0) is 4.74 Å². The first kappa shape index (κ1) is 14.0. The molecule has 0 fully saturated rings. The summed E-state index contributed by atoms with van der Waals surface area (Å²) in [5.41, 5.74) is 2.19. The monoisotopic (exact) mass is 320 g/mol. The molecule has 0 unspecified atom stereocenters. The van der Waals surface area contributed by atoms with Gasteiger partial charge in [0.1, 0.15) is 5.82 Å². The van der Waals surface area contributed by atoms with Crippen molar-refractivity contribution in [1.29, 1.82) is 0 Å². The summed E-state index contributed by atoms with van der Waals surface area (Å²) in [5, 5.41) is 3.26. The Bertz CT molecular complexity index is 511. The van der Waals surface area contributed by atoms with Crippen molar-refractivity contribution in [3.8, 4) is 0 Å². The minimum atomic E-state index is 0.129. The van der Waals surface area contributed by atoms with Crippen molar-refractivity contribution in [3.63, 3.8) is 0 Å². The molecule has 0 saturated heterocycles.